The van der Waals surface area contributed by atoms with Crippen LogP contribution in [0.2, 0.25) is 0 Å². The first kappa shape index (κ1) is 20.5. The van der Waals surface area contributed by atoms with Crippen LogP contribution >= 0.6 is 0 Å². The van der Waals surface area contributed by atoms with Gasteiger partial charge in [-0.05, 0) is 78.3 Å². The molecular formula is C27H35N. The number of hydrogen-bond acceptors (Lipinski definition) is 1. The van der Waals surface area contributed by atoms with Gasteiger partial charge >= 0.3 is 0 Å². The molecule has 148 valence electrons. The van der Waals surface area contributed by atoms with E-state index in [2.05, 4.69) is 81.2 Å². The molecule has 0 amide bonds. The molecule has 28 heavy (non-hydrogen) atoms. The van der Waals surface area contributed by atoms with Crippen LogP contribution in [0.4, 0.5) is 5.69 Å². The minimum Gasteiger partial charge on any atom is -0.355 e. The lowest BCUT2D eigenvalue weighted by Crippen LogP contribution is -2.09. The Bertz CT molecular complexity index is 789. The Morgan fingerprint density at radius 1 is 1.00 bits per heavy atom. The zero-order valence-electron chi connectivity index (χ0n) is 17.8. The molecule has 1 aliphatic carbocycles. The maximum Gasteiger partial charge on any atom is 0.0449 e. The molecule has 0 aromatic heterocycles. The highest BCUT2D eigenvalue weighted by Crippen LogP contribution is 2.35. The molecule has 1 fully saturated rings. The Labute approximate surface area is 171 Å². The first-order valence-electron chi connectivity index (χ1n) is 11.0. The van der Waals surface area contributed by atoms with Crippen molar-refractivity contribution in [2.24, 2.45) is 5.92 Å². The lowest BCUT2D eigenvalue weighted by Gasteiger charge is -2.24. The maximum absolute atomic E-state index is 3.84. The van der Waals surface area contributed by atoms with Crippen molar-refractivity contribution in [3.63, 3.8) is 0 Å². The van der Waals surface area contributed by atoms with E-state index in [1.54, 1.807) is 5.57 Å². The summed E-state index contributed by atoms with van der Waals surface area (Å²) in [7, 11) is 0. The van der Waals surface area contributed by atoms with Crippen molar-refractivity contribution in [3.8, 4) is 0 Å². The molecule has 1 N–H and O–H groups in total. The fourth-order valence-electron chi connectivity index (χ4n) is 3.93. The van der Waals surface area contributed by atoms with E-state index in [0.29, 0.717) is 5.92 Å². The van der Waals surface area contributed by atoms with Crippen molar-refractivity contribution in [1.29, 1.82) is 0 Å². The molecule has 2 aromatic rings. The largest absolute Gasteiger partial charge is 0.355 e. The second-order valence-electron chi connectivity index (χ2n) is 8.26. The van der Waals surface area contributed by atoms with Gasteiger partial charge in [-0.15, -0.1) is 0 Å². The van der Waals surface area contributed by atoms with Crippen LogP contribution in [-0.4, -0.2) is 0 Å². The summed E-state index contributed by atoms with van der Waals surface area (Å²) in [5, 5.41) is 3.70. The predicted octanol–water partition coefficient (Wildman–Crippen LogP) is 8.27. The summed E-state index contributed by atoms with van der Waals surface area (Å²) in [4.78, 5) is 0. The van der Waals surface area contributed by atoms with Crippen molar-refractivity contribution in [2.45, 2.75) is 65.2 Å². The third-order valence-electron chi connectivity index (χ3n) is 6.27. The van der Waals surface area contributed by atoms with Crippen molar-refractivity contribution in [2.75, 3.05) is 5.32 Å². The minimum atomic E-state index is 0.670. The van der Waals surface area contributed by atoms with Crippen molar-refractivity contribution < 1.29 is 0 Å². The van der Waals surface area contributed by atoms with E-state index in [0.717, 1.165) is 17.2 Å². The molecule has 2 aromatic carbocycles. The standard InChI is InChI=1S/C27H35N/c1-5-20(4)19-22(7-3)23-13-15-25(16-14-23)27(24-9-8-10-24)28-26-17-11-21(6-2)12-18-26/h6,11-18,20,22,28H,2,5,7-10,19H2,1,3-4H3. The highest BCUT2D eigenvalue weighted by atomic mass is 14.9. The molecule has 1 saturated carbocycles. The second kappa shape index (κ2) is 9.78. The maximum atomic E-state index is 3.84. The topological polar surface area (TPSA) is 12.0 Å². The van der Waals surface area contributed by atoms with Gasteiger partial charge in [-0.2, -0.15) is 0 Å². The van der Waals surface area contributed by atoms with Crippen LogP contribution in [0.25, 0.3) is 11.8 Å². The summed E-state index contributed by atoms with van der Waals surface area (Å²) in [5.74, 6) is 1.46. The fraction of sp³-hybridized carbons (Fsp3) is 0.407. The summed E-state index contributed by atoms with van der Waals surface area (Å²) in [5.41, 5.74) is 7.95. The molecule has 0 heterocycles. The predicted molar refractivity (Wildman–Crippen MR) is 124 cm³/mol. The van der Waals surface area contributed by atoms with E-state index in [4.69, 9.17) is 0 Å². The van der Waals surface area contributed by atoms with E-state index in [-0.39, 0.29) is 0 Å². The molecule has 2 atom stereocenters. The van der Waals surface area contributed by atoms with E-state index < -0.39 is 0 Å². The number of benzene rings is 2. The SMILES string of the molecule is C=Cc1ccc(NC(=C2CCC2)c2ccc(C(CC)CC(C)CC)cc2)cc1. The van der Waals surface area contributed by atoms with Crippen LogP contribution < -0.4 is 5.32 Å². The zero-order chi connectivity index (χ0) is 19.9. The van der Waals surface area contributed by atoms with Crippen LogP contribution in [0.3, 0.4) is 0 Å². The zero-order valence-corrected chi connectivity index (χ0v) is 17.8. The Morgan fingerprint density at radius 3 is 2.18 bits per heavy atom. The van der Waals surface area contributed by atoms with Gasteiger partial charge in [0.15, 0.2) is 0 Å². The highest BCUT2D eigenvalue weighted by molar-refractivity contribution is 5.80. The number of nitrogens with one attached hydrogen (secondary N) is 1. The van der Waals surface area contributed by atoms with Gasteiger partial charge < -0.3 is 5.32 Å². The Kier molecular flexibility index (Phi) is 7.14. The van der Waals surface area contributed by atoms with Gasteiger partial charge in [0.2, 0.25) is 0 Å². The van der Waals surface area contributed by atoms with E-state index in [1.807, 2.05) is 6.08 Å². The van der Waals surface area contributed by atoms with Gasteiger partial charge in [-0.3, -0.25) is 0 Å². The fourth-order valence-corrected chi connectivity index (χ4v) is 3.93. The van der Waals surface area contributed by atoms with Crippen LogP contribution in [0.5, 0.6) is 0 Å². The molecule has 0 radical (unpaired) electrons. The second-order valence-corrected chi connectivity index (χ2v) is 8.26. The first-order valence-corrected chi connectivity index (χ1v) is 11.0. The molecule has 2 unspecified atom stereocenters. The third-order valence-corrected chi connectivity index (χ3v) is 6.27. The van der Waals surface area contributed by atoms with Crippen LogP contribution in [0, 0.1) is 5.92 Å². The number of anilines is 1. The third kappa shape index (κ3) is 4.95. The number of allylic oxidation sites excluding steroid dienone is 1. The molecule has 1 aliphatic rings. The molecule has 0 bridgehead atoms. The molecular weight excluding hydrogens is 338 g/mol. The van der Waals surface area contributed by atoms with Gasteiger partial charge in [0.1, 0.15) is 0 Å². The van der Waals surface area contributed by atoms with Gasteiger partial charge in [0.25, 0.3) is 0 Å². The summed E-state index contributed by atoms with van der Waals surface area (Å²) >= 11 is 0. The van der Waals surface area contributed by atoms with Gasteiger partial charge in [0, 0.05) is 11.4 Å². The average molecular weight is 374 g/mol. The molecule has 0 spiro atoms. The van der Waals surface area contributed by atoms with E-state index in [9.17, 15) is 0 Å². The van der Waals surface area contributed by atoms with Gasteiger partial charge in [0.05, 0.1) is 0 Å². The average Bonchev–Trinajstić information content (AvgIpc) is 2.70. The van der Waals surface area contributed by atoms with Gasteiger partial charge in [-0.25, -0.2) is 0 Å². The van der Waals surface area contributed by atoms with E-state index in [1.165, 1.54) is 55.3 Å². The van der Waals surface area contributed by atoms with Crippen LogP contribution in [-0.2, 0) is 0 Å². The summed E-state index contributed by atoms with van der Waals surface area (Å²) in [6, 6.07) is 17.9. The van der Waals surface area contributed by atoms with Crippen molar-refractivity contribution in [1.82, 2.24) is 0 Å². The van der Waals surface area contributed by atoms with Crippen molar-refractivity contribution in [3.05, 3.63) is 77.4 Å². The highest BCUT2D eigenvalue weighted by Gasteiger charge is 2.18. The Morgan fingerprint density at radius 2 is 1.68 bits per heavy atom. The molecule has 0 saturated heterocycles. The van der Waals surface area contributed by atoms with Crippen LogP contribution in [0.15, 0.2) is 60.7 Å². The monoisotopic (exact) mass is 373 g/mol. The number of hydrogen-bond donors (Lipinski definition) is 1. The summed E-state index contributed by atoms with van der Waals surface area (Å²) in [6.45, 7) is 10.8. The summed E-state index contributed by atoms with van der Waals surface area (Å²) < 4.78 is 0. The first-order chi connectivity index (χ1) is 13.6. The molecule has 0 aliphatic heterocycles. The molecule has 3 rings (SSSR count). The number of rotatable bonds is 9. The Balaban J connectivity index is 1.80. The van der Waals surface area contributed by atoms with Crippen molar-refractivity contribution >= 4 is 17.5 Å². The summed E-state index contributed by atoms with van der Waals surface area (Å²) in [6.07, 6.45) is 9.37. The smallest absolute Gasteiger partial charge is 0.0449 e. The molecule has 1 nitrogen and oxygen atoms in total. The normalized spacial score (nSPS) is 15.5. The van der Waals surface area contributed by atoms with E-state index >= 15 is 0 Å². The lowest BCUT2D eigenvalue weighted by molar-refractivity contribution is 0.447. The lowest BCUT2D eigenvalue weighted by atomic mass is 9.85. The Hall–Kier alpha value is -2.28. The minimum absolute atomic E-state index is 0.670. The van der Waals surface area contributed by atoms with Gasteiger partial charge in [-0.1, -0.05) is 76.2 Å². The van der Waals surface area contributed by atoms with Crippen LogP contribution in [0.1, 0.15) is 81.9 Å². The quantitative estimate of drug-likeness (QED) is 0.466. The molecule has 1 heteroatoms.